The van der Waals surface area contributed by atoms with Crippen molar-refractivity contribution >= 4 is 11.6 Å². The van der Waals surface area contributed by atoms with E-state index in [0.29, 0.717) is 29.9 Å². The van der Waals surface area contributed by atoms with Crippen LogP contribution in [0.2, 0.25) is 0 Å². The Bertz CT molecular complexity index is 971. The molecule has 28 heavy (non-hydrogen) atoms. The molecule has 4 rings (SSSR count). The van der Waals surface area contributed by atoms with Gasteiger partial charge in [-0.15, -0.1) is 0 Å². The molecular weight excluding hydrogens is 362 g/mol. The Balaban J connectivity index is 1.49. The summed E-state index contributed by atoms with van der Waals surface area (Å²) in [5.74, 6) is -0.790. The molecule has 7 heteroatoms. The van der Waals surface area contributed by atoms with Gasteiger partial charge in [-0.2, -0.15) is 5.10 Å². The maximum Gasteiger partial charge on any atom is 0.257 e. The van der Waals surface area contributed by atoms with Gasteiger partial charge >= 0.3 is 0 Å². The molecule has 0 bridgehead atoms. The highest BCUT2D eigenvalue weighted by molar-refractivity contribution is 5.99. The lowest BCUT2D eigenvalue weighted by Gasteiger charge is -2.33. The van der Waals surface area contributed by atoms with Gasteiger partial charge in [0.25, 0.3) is 5.91 Å². The first-order chi connectivity index (χ1) is 13.6. The van der Waals surface area contributed by atoms with Gasteiger partial charge in [0.2, 0.25) is 0 Å². The number of piperidine rings is 1. The van der Waals surface area contributed by atoms with Crippen LogP contribution in [-0.4, -0.2) is 40.1 Å². The number of halogens is 2. The van der Waals surface area contributed by atoms with Crippen LogP contribution < -0.4 is 5.32 Å². The van der Waals surface area contributed by atoms with Crippen molar-refractivity contribution in [1.82, 2.24) is 15.1 Å². The maximum absolute atomic E-state index is 13.6. The summed E-state index contributed by atoms with van der Waals surface area (Å²) in [6.07, 6.45) is 3.26. The fourth-order valence-electron chi connectivity index (χ4n) is 3.54. The van der Waals surface area contributed by atoms with Crippen molar-refractivity contribution in [3.8, 4) is 11.3 Å². The molecule has 1 fully saturated rings. The van der Waals surface area contributed by atoms with Gasteiger partial charge in [0, 0.05) is 30.4 Å². The third-order valence-corrected chi connectivity index (χ3v) is 4.91. The highest BCUT2D eigenvalue weighted by Gasteiger charge is 2.27. The van der Waals surface area contributed by atoms with Crippen molar-refractivity contribution in [2.45, 2.75) is 18.9 Å². The zero-order chi connectivity index (χ0) is 19.5. The Morgan fingerprint density at radius 3 is 2.75 bits per heavy atom. The minimum atomic E-state index is -0.368. The van der Waals surface area contributed by atoms with Gasteiger partial charge in [-0.05, 0) is 49.2 Å². The van der Waals surface area contributed by atoms with Crippen LogP contribution in [0.3, 0.4) is 0 Å². The third kappa shape index (κ3) is 3.88. The fourth-order valence-corrected chi connectivity index (χ4v) is 3.54. The molecule has 1 aliphatic rings. The summed E-state index contributed by atoms with van der Waals surface area (Å²) in [5.41, 5.74) is 2.34. The average Bonchev–Trinajstić information content (AvgIpc) is 3.19. The number of rotatable bonds is 4. The summed E-state index contributed by atoms with van der Waals surface area (Å²) in [5, 5.41) is 10.2. The quantitative estimate of drug-likeness (QED) is 0.715. The van der Waals surface area contributed by atoms with E-state index in [0.717, 1.165) is 18.5 Å². The standard InChI is InChI=1S/C21H20F2N4O/c22-15-6-8-17(9-7-15)25-18-5-2-10-27(13-18)21(28)19-12-24-26-20(19)14-3-1-4-16(23)11-14/h1,3-4,6-9,11-12,18,25H,2,5,10,13H2,(H,24,26)/t18-/m1/s1. The van der Waals surface area contributed by atoms with Gasteiger partial charge in [0.05, 0.1) is 17.5 Å². The van der Waals surface area contributed by atoms with Crippen LogP contribution in [-0.2, 0) is 0 Å². The van der Waals surface area contributed by atoms with Crippen LogP contribution in [0.1, 0.15) is 23.2 Å². The molecule has 144 valence electrons. The van der Waals surface area contributed by atoms with E-state index in [9.17, 15) is 13.6 Å². The number of likely N-dealkylation sites (tertiary alicyclic amines) is 1. The second kappa shape index (κ2) is 7.80. The van der Waals surface area contributed by atoms with Crippen molar-refractivity contribution in [3.05, 3.63) is 71.9 Å². The summed E-state index contributed by atoms with van der Waals surface area (Å²) >= 11 is 0. The molecule has 0 radical (unpaired) electrons. The molecule has 0 spiro atoms. The number of nitrogens with zero attached hydrogens (tertiary/aromatic N) is 2. The van der Waals surface area contributed by atoms with Crippen LogP contribution in [0.15, 0.2) is 54.7 Å². The molecule has 1 aliphatic heterocycles. The Labute approximate surface area is 161 Å². The summed E-state index contributed by atoms with van der Waals surface area (Å²) < 4.78 is 26.6. The molecule has 0 unspecified atom stereocenters. The number of carbonyl (C=O) groups is 1. The predicted octanol–water partition coefficient (Wildman–Crippen LogP) is 4.07. The molecule has 2 N–H and O–H groups in total. The number of H-pyrrole nitrogens is 1. The molecule has 1 atom stereocenters. The number of anilines is 1. The lowest BCUT2D eigenvalue weighted by molar-refractivity contribution is 0.0715. The number of nitrogens with one attached hydrogen (secondary N) is 2. The maximum atomic E-state index is 13.6. The second-order valence-electron chi connectivity index (χ2n) is 6.91. The normalized spacial score (nSPS) is 16.8. The molecule has 2 heterocycles. The molecule has 1 amide bonds. The Kier molecular flexibility index (Phi) is 5.06. The number of hydrogen-bond acceptors (Lipinski definition) is 3. The van der Waals surface area contributed by atoms with E-state index in [1.54, 1.807) is 29.2 Å². The summed E-state index contributed by atoms with van der Waals surface area (Å²) in [7, 11) is 0. The number of hydrogen-bond donors (Lipinski definition) is 2. The van der Waals surface area contributed by atoms with Crippen molar-refractivity contribution in [2.75, 3.05) is 18.4 Å². The predicted molar refractivity (Wildman–Crippen MR) is 103 cm³/mol. The van der Waals surface area contributed by atoms with Crippen molar-refractivity contribution < 1.29 is 13.6 Å². The van der Waals surface area contributed by atoms with Gasteiger partial charge in [-0.3, -0.25) is 9.89 Å². The molecule has 0 saturated carbocycles. The monoisotopic (exact) mass is 382 g/mol. The van der Waals surface area contributed by atoms with E-state index in [1.807, 2.05) is 0 Å². The summed E-state index contributed by atoms with van der Waals surface area (Å²) in [4.78, 5) is 14.9. The molecule has 1 aromatic heterocycles. The minimum Gasteiger partial charge on any atom is -0.381 e. The van der Waals surface area contributed by atoms with E-state index in [4.69, 9.17) is 0 Å². The zero-order valence-electron chi connectivity index (χ0n) is 15.2. The first kappa shape index (κ1) is 18.2. The molecule has 2 aromatic carbocycles. The Morgan fingerprint density at radius 1 is 1.14 bits per heavy atom. The van der Waals surface area contributed by atoms with Gasteiger partial charge in [0.15, 0.2) is 0 Å². The Hall–Kier alpha value is -3.22. The van der Waals surface area contributed by atoms with Crippen LogP contribution in [0, 0.1) is 11.6 Å². The lowest BCUT2D eigenvalue weighted by atomic mass is 10.0. The van der Waals surface area contributed by atoms with Crippen molar-refractivity contribution in [1.29, 1.82) is 0 Å². The van der Waals surface area contributed by atoms with Crippen molar-refractivity contribution in [2.24, 2.45) is 0 Å². The molecule has 0 aliphatic carbocycles. The lowest BCUT2D eigenvalue weighted by Crippen LogP contribution is -2.45. The Morgan fingerprint density at radius 2 is 1.96 bits per heavy atom. The molecule has 3 aromatic rings. The van der Waals surface area contributed by atoms with Crippen LogP contribution in [0.5, 0.6) is 0 Å². The fraction of sp³-hybridized carbons (Fsp3) is 0.238. The van der Waals surface area contributed by atoms with Gasteiger partial charge < -0.3 is 10.2 Å². The van der Waals surface area contributed by atoms with E-state index >= 15 is 0 Å². The molecule has 5 nitrogen and oxygen atoms in total. The van der Waals surface area contributed by atoms with E-state index in [1.165, 1.54) is 30.5 Å². The molecular formula is C21H20F2N4O. The minimum absolute atomic E-state index is 0.0766. The summed E-state index contributed by atoms with van der Waals surface area (Å²) in [6, 6.07) is 12.3. The van der Waals surface area contributed by atoms with Crippen LogP contribution in [0.4, 0.5) is 14.5 Å². The first-order valence-electron chi connectivity index (χ1n) is 9.21. The third-order valence-electron chi connectivity index (χ3n) is 4.91. The zero-order valence-corrected chi connectivity index (χ0v) is 15.2. The van der Waals surface area contributed by atoms with Gasteiger partial charge in [0.1, 0.15) is 11.6 Å². The van der Waals surface area contributed by atoms with Gasteiger partial charge in [-0.1, -0.05) is 12.1 Å². The number of amides is 1. The summed E-state index contributed by atoms with van der Waals surface area (Å²) in [6.45, 7) is 1.18. The number of aromatic amines is 1. The van der Waals surface area contributed by atoms with Gasteiger partial charge in [-0.25, -0.2) is 8.78 Å². The smallest absolute Gasteiger partial charge is 0.257 e. The van der Waals surface area contributed by atoms with Crippen LogP contribution in [0.25, 0.3) is 11.3 Å². The van der Waals surface area contributed by atoms with Crippen LogP contribution >= 0.6 is 0 Å². The highest BCUT2D eigenvalue weighted by atomic mass is 19.1. The largest absolute Gasteiger partial charge is 0.381 e. The van der Waals surface area contributed by atoms with Crippen molar-refractivity contribution in [3.63, 3.8) is 0 Å². The number of benzene rings is 2. The van der Waals surface area contributed by atoms with E-state index in [-0.39, 0.29) is 23.6 Å². The van der Waals surface area contributed by atoms with E-state index < -0.39 is 0 Å². The topological polar surface area (TPSA) is 61.0 Å². The number of aromatic nitrogens is 2. The van der Waals surface area contributed by atoms with E-state index in [2.05, 4.69) is 15.5 Å². The average molecular weight is 382 g/mol. The number of carbonyl (C=O) groups excluding carboxylic acids is 1. The molecule has 1 saturated heterocycles. The SMILES string of the molecule is O=C(c1cn[nH]c1-c1cccc(F)c1)N1CCC[C@@H](Nc2ccc(F)cc2)C1. The first-order valence-corrected chi connectivity index (χ1v) is 9.21. The second-order valence-corrected chi connectivity index (χ2v) is 6.91. The highest BCUT2D eigenvalue weighted by Crippen LogP contribution is 2.25.